The van der Waals surface area contributed by atoms with E-state index in [-0.39, 0.29) is 5.82 Å². The lowest BCUT2D eigenvalue weighted by Gasteiger charge is -2.24. The molecule has 3 rings (SSSR count). The molecule has 1 aliphatic heterocycles. The highest BCUT2D eigenvalue weighted by atomic mass is 19.1. The van der Waals surface area contributed by atoms with Crippen LogP contribution in [-0.2, 0) is 13.0 Å². The first-order chi connectivity index (χ1) is 10.7. The quantitative estimate of drug-likeness (QED) is 0.849. The van der Waals surface area contributed by atoms with Crippen LogP contribution >= 0.6 is 0 Å². The lowest BCUT2D eigenvalue weighted by molar-refractivity contribution is 0.215. The molecule has 2 heterocycles. The van der Waals surface area contributed by atoms with Crippen molar-refractivity contribution in [3.05, 3.63) is 41.8 Å². The van der Waals surface area contributed by atoms with E-state index in [2.05, 4.69) is 27.0 Å². The molecule has 1 fully saturated rings. The Morgan fingerprint density at radius 3 is 2.82 bits per heavy atom. The Labute approximate surface area is 129 Å². The van der Waals surface area contributed by atoms with E-state index < -0.39 is 0 Å². The Kier molecular flexibility index (Phi) is 4.38. The molecule has 1 aromatic heterocycles. The predicted molar refractivity (Wildman–Crippen MR) is 82.2 cm³/mol. The first-order valence-electron chi connectivity index (χ1n) is 7.68. The van der Waals surface area contributed by atoms with Gasteiger partial charge in [0.15, 0.2) is 5.82 Å². The van der Waals surface area contributed by atoms with E-state index in [4.69, 9.17) is 4.52 Å². The summed E-state index contributed by atoms with van der Waals surface area (Å²) >= 11 is 0. The van der Waals surface area contributed by atoms with Crippen LogP contribution in [-0.4, -0.2) is 41.2 Å². The minimum atomic E-state index is -0.195. The fourth-order valence-electron chi connectivity index (χ4n) is 2.83. The summed E-state index contributed by atoms with van der Waals surface area (Å²) in [6.07, 6.45) is 1.86. The number of benzene rings is 1. The molecule has 2 aromatic rings. The van der Waals surface area contributed by atoms with Crippen molar-refractivity contribution in [3.8, 4) is 0 Å². The van der Waals surface area contributed by atoms with Gasteiger partial charge in [-0.25, -0.2) is 4.39 Å². The first kappa shape index (κ1) is 15.0. The van der Waals surface area contributed by atoms with Crippen LogP contribution < -0.4 is 4.90 Å². The van der Waals surface area contributed by atoms with Crippen molar-refractivity contribution in [3.63, 3.8) is 0 Å². The number of hydrogen-bond donors (Lipinski definition) is 0. The van der Waals surface area contributed by atoms with Gasteiger partial charge in [0.25, 0.3) is 0 Å². The van der Waals surface area contributed by atoms with Gasteiger partial charge in [-0.15, -0.1) is 0 Å². The highest BCUT2D eigenvalue weighted by molar-refractivity contribution is 5.47. The summed E-state index contributed by atoms with van der Waals surface area (Å²) in [5, 5.41) is 3.93. The molecule has 0 unspecified atom stereocenters. The van der Waals surface area contributed by atoms with E-state index in [1.165, 1.54) is 12.1 Å². The Hall–Kier alpha value is -1.95. The van der Waals surface area contributed by atoms with Crippen molar-refractivity contribution < 1.29 is 8.91 Å². The zero-order chi connectivity index (χ0) is 15.5. The molecule has 1 saturated heterocycles. The van der Waals surface area contributed by atoms with Crippen LogP contribution in [0.3, 0.4) is 0 Å². The Morgan fingerprint density at radius 2 is 2.14 bits per heavy atom. The summed E-state index contributed by atoms with van der Waals surface area (Å²) in [5.74, 6) is 1.22. The van der Waals surface area contributed by atoms with Crippen LogP contribution in [0.2, 0.25) is 0 Å². The van der Waals surface area contributed by atoms with Crippen molar-refractivity contribution in [2.75, 3.05) is 25.0 Å². The van der Waals surface area contributed by atoms with Crippen LogP contribution in [0, 0.1) is 5.82 Å². The van der Waals surface area contributed by atoms with Crippen molar-refractivity contribution >= 4 is 5.69 Å². The monoisotopic (exact) mass is 304 g/mol. The number of rotatable bonds is 5. The lowest BCUT2D eigenvalue weighted by Crippen LogP contribution is -2.34. The van der Waals surface area contributed by atoms with Gasteiger partial charge in [0.1, 0.15) is 5.82 Å². The molecule has 1 aliphatic rings. The molecule has 6 heteroatoms. The molecule has 0 amide bonds. The Bertz CT molecular complexity index is 613. The van der Waals surface area contributed by atoms with E-state index in [9.17, 15) is 4.39 Å². The largest absolute Gasteiger partial charge is 0.370 e. The van der Waals surface area contributed by atoms with Gasteiger partial charge >= 0.3 is 0 Å². The topological polar surface area (TPSA) is 45.4 Å². The van der Waals surface area contributed by atoms with Gasteiger partial charge in [0.2, 0.25) is 5.89 Å². The van der Waals surface area contributed by atoms with Crippen molar-refractivity contribution in [1.82, 2.24) is 15.0 Å². The maximum Gasteiger partial charge on any atom is 0.240 e. The third kappa shape index (κ3) is 3.27. The fourth-order valence-corrected chi connectivity index (χ4v) is 2.83. The molecule has 1 atom stereocenters. The summed E-state index contributed by atoms with van der Waals surface area (Å²) in [6.45, 7) is 4.58. The maximum absolute atomic E-state index is 13.0. The summed E-state index contributed by atoms with van der Waals surface area (Å²) in [5.41, 5.74) is 1.07. The number of hydrogen-bond acceptors (Lipinski definition) is 5. The summed E-state index contributed by atoms with van der Waals surface area (Å²) in [6, 6.07) is 7.13. The average Bonchev–Trinajstić information content (AvgIpc) is 3.17. The zero-order valence-corrected chi connectivity index (χ0v) is 13.0. The Balaban J connectivity index is 1.58. The van der Waals surface area contributed by atoms with Gasteiger partial charge in [-0.05, 0) is 37.7 Å². The number of aromatic nitrogens is 2. The SMILES string of the molecule is CCc1noc(CN(C)[C@H]2CCN(c3ccc(F)cc3)C2)n1. The van der Waals surface area contributed by atoms with Crippen molar-refractivity contribution in [2.24, 2.45) is 0 Å². The molecule has 0 bridgehead atoms. The van der Waals surface area contributed by atoms with Crippen molar-refractivity contribution in [2.45, 2.75) is 32.4 Å². The van der Waals surface area contributed by atoms with E-state index in [0.29, 0.717) is 18.5 Å². The second-order valence-corrected chi connectivity index (χ2v) is 5.74. The van der Waals surface area contributed by atoms with E-state index >= 15 is 0 Å². The summed E-state index contributed by atoms with van der Waals surface area (Å²) in [7, 11) is 2.08. The molecule has 0 N–H and O–H groups in total. The second-order valence-electron chi connectivity index (χ2n) is 5.74. The van der Waals surface area contributed by atoms with Crippen LogP contribution in [0.25, 0.3) is 0 Å². The van der Waals surface area contributed by atoms with E-state index in [1.54, 1.807) is 0 Å². The maximum atomic E-state index is 13.0. The first-order valence-corrected chi connectivity index (χ1v) is 7.68. The highest BCUT2D eigenvalue weighted by Crippen LogP contribution is 2.23. The minimum absolute atomic E-state index is 0.195. The normalized spacial score (nSPS) is 18.4. The fraction of sp³-hybridized carbons (Fsp3) is 0.500. The highest BCUT2D eigenvalue weighted by Gasteiger charge is 2.26. The number of anilines is 1. The number of nitrogens with zero attached hydrogens (tertiary/aromatic N) is 4. The van der Waals surface area contributed by atoms with Gasteiger partial charge < -0.3 is 9.42 Å². The average molecular weight is 304 g/mol. The number of aryl methyl sites for hydroxylation is 1. The van der Waals surface area contributed by atoms with Crippen LogP contribution in [0.1, 0.15) is 25.1 Å². The van der Waals surface area contributed by atoms with Gasteiger partial charge in [-0.3, -0.25) is 4.90 Å². The van der Waals surface area contributed by atoms with Crippen LogP contribution in [0.5, 0.6) is 0 Å². The summed E-state index contributed by atoms with van der Waals surface area (Å²) < 4.78 is 18.3. The van der Waals surface area contributed by atoms with E-state index in [0.717, 1.165) is 37.4 Å². The molecule has 0 saturated carbocycles. The van der Waals surface area contributed by atoms with Gasteiger partial charge in [0, 0.05) is 31.2 Å². The summed E-state index contributed by atoms with van der Waals surface area (Å²) in [4.78, 5) is 8.88. The standard InChI is InChI=1S/C16H21FN4O/c1-3-15-18-16(22-19-15)11-20(2)14-8-9-21(10-14)13-6-4-12(17)5-7-13/h4-7,14H,3,8-11H2,1-2H3/t14-/m0/s1. The molecule has 0 aliphatic carbocycles. The lowest BCUT2D eigenvalue weighted by atomic mass is 10.2. The molecule has 1 aromatic carbocycles. The number of halogens is 1. The second kappa shape index (κ2) is 6.44. The van der Waals surface area contributed by atoms with Gasteiger partial charge in [-0.1, -0.05) is 12.1 Å². The molecule has 0 spiro atoms. The smallest absolute Gasteiger partial charge is 0.240 e. The van der Waals surface area contributed by atoms with Crippen molar-refractivity contribution in [1.29, 1.82) is 0 Å². The van der Waals surface area contributed by atoms with Gasteiger partial charge in [0.05, 0.1) is 6.54 Å². The number of likely N-dealkylation sites (N-methyl/N-ethyl adjacent to an activating group) is 1. The van der Waals surface area contributed by atoms with Crippen LogP contribution in [0.4, 0.5) is 10.1 Å². The molecular weight excluding hydrogens is 283 g/mol. The zero-order valence-electron chi connectivity index (χ0n) is 13.0. The third-order valence-corrected chi connectivity index (χ3v) is 4.19. The van der Waals surface area contributed by atoms with Crippen LogP contribution in [0.15, 0.2) is 28.8 Å². The molecule has 0 radical (unpaired) electrons. The Morgan fingerprint density at radius 1 is 1.36 bits per heavy atom. The molecule has 118 valence electrons. The molecule has 5 nitrogen and oxygen atoms in total. The minimum Gasteiger partial charge on any atom is -0.370 e. The van der Waals surface area contributed by atoms with E-state index in [1.807, 2.05) is 19.1 Å². The third-order valence-electron chi connectivity index (χ3n) is 4.19. The molecular formula is C16H21FN4O. The predicted octanol–water partition coefficient (Wildman–Crippen LogP) is 2.48. The molecule has 22 heavy (non-hydrogen) atoms. The van der Waals surface area contributed by atoms with Gasteiger partial charge in [-0.2, -0.15) is 4.98 Å².